The van der Waals surface area contributed by atoms with Crippen LogP contribution in [0.15, 0.2) is 24.3 Å². The maximum Gasteiger partial charge on any atom is 0.119 e. The highest BCUT2D eigenvalue weighted by atomic mass is 16.5. The van der Waals surface area contributed by atoms with E-state index in [1.54, 1.807) is 7.11 Å². The summed E-state index contributed by atoms with van der Waals surface area (Å²) >= 11 is 0. The van der Waals surface area contributed by atoms with Gasteiger partial charge in [0, 0.05) is 19.5 Å². The molecule has 5 heteroatoms. The Kier molecular flexibility index (Phi) is 7.71. The van der Waals surface area contributed by atoms with E-state index in [-0.39, 0.29) is 5.92 Å². The average Bonchev–Trinajstić information content (AvgIpc) is 2.52. The van der Waals surface area contributed by atoms with Gasteiger partial charge in [-0.3, -0.25) is 0 Å². The Bertz CT molecular complexity index is 488. The molecule has 1 rings (SSSR count). The number of likely N-dealkylation sites (N-methyl/N-ethyl adjacent to an activating group) is 1. The quantitative estimate of drug-likeness (QED) is 0.697. The molecular formula is C16H21N3O2. The molecule has 1 aromatic rings. The third kappa shape index (κ3) is 6.65. The van der Waals surface area contributed by atoms with Crippen molar-refractivity contribution in [1.29, 1.82) is 10.5 Å². The monoisotopic (exact) mass is 287 g/mol. The highest BCUT2D eigenvalue weighted by Gasteiger charge is 2.10. The first kappa shape index (κ1) is 16.8. The van der Waals surface area contributed by atoms with Crippen molar-refractivity contribution in [3.8, 4) is 23.6 Å². The highest BCUT2D eigenvalue weighted by molar-refractivity contribution is 5.31. The summed E-state index contributed by atoms with van der Waals surface area (Å²) in [5.74, 6) is 1.50. The van der Waals surface area contributed by atoms with Crippen LogP contribution in [0.1, 0.15) is 12.8 Å². The standard InChI is InChI=1S/C16H21N3O2/c1-19(13-14(12-18)4-3-9-17)10-11-21-16-7-5-15(20-2)6-8-16/h5-8,14H,3-4,10-11,13H2,1-2H3. The Morgan fingerprint density at radius 3 is 2.43 bits per heavy atom. The lowest BCUT2D eigenvalue weighted by atomic mass is 10.1. The van der Waals surface area contributed by atoms with E-state index in [9.17, 15) is 0 Å². The van der Waals surface area contributed by atoms with Crippen LogP contribution in [0.25, 0.3) is 0 Å². The van der Waals surface area contributed by atoms with Crippen LogP contribution in [0.4, 0.5) is 0 Å². The number of benzene rings is 1. The van der Waals surface area contributed by atoms with Gasteiger partial charge in [-0.15, -0.1) is 0 Å². The third-order valence-corrected chi connectivity index (χ3v) is 3.12. The SMILES string of the molecule is COc1ccc(OCCN(C)CC(C#N)CCC#N)cc1. The molecule has 0 aliphatic heterocycles. The molecule has 1 unspecified atom stereocenters. The Hall–Kier alpha value is -2.24. The topological polar surface area (TPSA) is 69.3 Å². The fourth-order valence-electron chi connectivity index (χ4n) is 1.89. The molecule has 0 bridgehead atoms. The van der Waals surface area contributed by atoms with Crippen LogP contribution in [-0.4, -0.2) is 38.8 Å². The van der Waals surface area contributed by atoms with Crippen LogP contribution in [0, 0.1) is 28.6 Å². The largest absolute Gasteiger partial charge is 0.497 e. The molecule has 0 aliphatic carbocycles. The molecule has 1 atom stereocenters. The zero-order valence-corrected chi connectivity index (χ0v) is 12.6. The number of methoxy groups -OCH3 is 1. The Labute approximate surface area is 126 Å². The first-order valence-electron chi connectivity index (χ1n) is 6.91. The summed E-state index contributed by atoms with van der Waals surface area (Å²) in [7, 11) is 3.58. The van der Waals surface area contributed by atoms with Crippen molar-refractivity contribution in [3.05, 3.63) is 24.3 Å². The summed E-state index contributed by atoms with van der Waals surface area (Å²) in [4.78, 5) is 2.05. The summed E-state index contributed by atoms with van der Waals surface area (Å²) in [5, 5.41) is 17.6. The summed E-state index contributed by atoms with van der Waals surface area (Å²) in [6.07, 6.45) is 1.05. The fourth-order valence-corrected chi connectivity index (χ4v) is 1.89. The molecule has 0 radical (unpaired) electrons. The summed E-state index contributed by atoms with van der Waals surface area (Å²) < 4.78 is 10.7. The Morgan fingerprint density at radius 1 is 1.19 bits per heavy atom. The molecule has 0 N–H and O–H groups in total. The van der Waals surface area contributed by atoms with E-state index in [4.69, 9.17) is 20.0 Å². The van der Waals surface area contributed by atoms with Crippen molar-refractivity contribution >= 4 is 0 Å². The number of hydrogen-bond donors (Lipinski definition) is 0. The van der Waals surface area contributed by atoms with Crippen molar-refractivity contribution in [3.63, 3.8) is 0 Å². The normalized spacial score (nSPS) is 11.5. The maximum absolute atomic E-state index is 9.03. The van der Waals surface area contributed by atoms with E-state index in [0.29, 0.717) is 26.0 Å². The van der Waals surface area contributed by atoms with Crippen LogP contribution >= 0.6 is 0 Å². The van der Waals surface area contributed by atoms with E-state index < -0.39 is 0 Å². The molecule has 0 amide bonds. The second kappa shape index (κ2) is 9.63. The molecule has 0 heterocycles. The molecule has 0 fully saturated rings. The predicted molar refractivity (Wildman–Crippen MR) is 79.9 cm³/mol. The van der Waals surface area contributed by atoms with Crippen molar-refractivity contribution in [2.75, 3.05) is 33.9 Å². The van der Waals surface area contributed by atoms with Gasteiger partial charge in [0.25, 0.3) is 0 Å². The second-order valence-electron chi connectivity index (χ2n) is 4.81. The number of hydrogen-bond acceptors (Lipinski definition) is 5. The first-order chi connectivity index (χ1) is 10.2. The van der Waals surface area contributed by atoms with Crippen LogP contribution < -0.4 is 9.47 Å². The van der Waals surface area contributed by atoms with Crippen molar-refractivity contribution < 1.29 is 9.47 Å². The summed E-state index contributed by atoms with van der Waals surface area (Å²) in [6, 6.07) is 11.8. The smallest absolute Gasteiger partial charge is 0.119 e. The molecular weight excluding hydrogens is 266 g/mol. The van der Waals surface area contributed by atoms with E-state index in [1.807, 2.05) is 31.3 Å². The van der Waals surface area contributed by atoms with Gasteiger partial charge in [0.2, 0.25) is 0 Å². The predicted octanol–water partition coefficient (Wildman–Crippen LogP) is 2.45. The van der Waals surface area contributed by atoms with E-state index >= 15 is 0 Å². The van der Waals surface area contributed by atoms with Gasteiger partial charge in [-0.25, -0.2) is 0 Å². The molecule has 0 spiro atoms. The molecule has 1 aromatic carbocycles. The zero-order valence-electron chi connectivity index (χ0n) is 12.6. The molecule has 0 saturated carbocycles. The van der Waals surface area contributed by atoms with Gasteiger partial charge in [-0.2, -0.15) is 10.5 Å². The van der Waals surface area contributed by atoms with Crippen LogP contribution in [0.2, 0.25) is 0 Å². The minimum atomic E-state index is -0.101. The molecule has 21 heavy (non-hydrogen) atoms. The van der Waals surface area contributed by atoms with Crippen LogP contribution in [0.3, 0.4) is 0 Å². The maximum atomic E-state index is 9.03. The van der Waals surface area contributed by atoms with E-state index in [2.05, 4.69) is 17.0 Å². The minimum absolute atomic E-state index is 0.101. The molecule has 5 nitrogen and oxygen atoms in total. The van der Waals surface area contributed by atoms with Crippen molar-refractivity contribution in [1.82, 2.24) is 4.90 Å². The molecule has 112 valence electrons. The van der Waals surface area contributed by atoms with Gasteiger partial charge in [0.1, 0.15) is 18.1 Å². The van der Waals surface area contributed by atoms with Crippen molar-refractivity contribution in [2.24, 2.45) is 5.92 Å². The van der Waals surface area contributed by atoms with Gasteiger partial charge in [-0.1, -0.05) is 0 Å². The molecule has 0 aliphatic rings. The molecule has 0 aromatic heterocycles. The molecule has 0 saturated heterocycles. The number of rotatable bonds is 9. The fraction of sp³-hybridized carbons (Fsp3) is 0.500. The number of nitriles is 2. The van der Waals surface area contributed by atoms with Crippen LogP contribution in [0.5, 0.6) is 11.5 Å². The van der Waals surface area contributed by atoms with Gasteiger partial charge in [0.05, 0.1) is 25.2 Å². The van der Waals surface area contributed by atoms with Gasteiger partial charge < -0.3 is 14.4 Å². The van der Waals surface area contributed by atoms with Gasteiger partial charge >= 0.3 is 0 Å². The average molecular weight is 287 g/mol. The minimum Gasteiger partial charge on any atom is -0.497 e. The van der Waals surface area contributed by atoms with E-state index in [0.717, 1.165) is 18.0 Å². The first-order valence-corrected chi connectivity index (χ1v) is 6.91. The Morgan fingerprint density at radius 2 is 1.86 bits per heavy atom. The van der Waals surface area contributed by atoms with Crippen LogP contribution in [-0.2, 0) is 0 Å². The Balaban J connectivity index is 2.27. The lowest BCUT2D eigenvalue weighted by Crippen LogP contribution is -2.29. The highest BCUT2D eigenvalue weighted by Crippen LogP contribution is 2.16. The van der Waals surface area contributed by atoms with Gasteiger partial charge in [0.15, 0.2) is 0 Å². The summed E-state index contributed by atoms with van der Waals surface area (Å²) in [6.45, 7) is 1.94. The summed E-state index contributed by atoms with van der Waals surface area (Å²) in [5.41, 5.74) is 0. The lowest BCUT2D eigenvalue weighted by Gasteiger charge is -2.19. The van der Waals surface area contributed by atoms with Gasteiger partial charge in [-0.05, 0) is 37.7 Å². The second-order valence-corrected chi connectivity index (χ2v) is 4.81. The number of ether oxygens (including phenoxy) is 2. The third-order valence-electron chi connectivity index (χ3n) is 3.12. The zero-order chi connectivity index (χ0) is 15.5. The van der Waals surface area contributed by atoms with E-state index in [1.165, 1.54) is 0 Å². The number of nitrogens with zero attached hydrogens (tertiary/aromatic N) is 3. The van der Waals surface area contributed by atoms with Crippen molar-refractivity contribution in [2.45, 2.75) is 12.8 Å². The lowest BCUT2D eigenvalue weighted by molar-refractivity contribution is 0.223.